The first-order valence-corrected chi connectivity index (χ1v) is 7.09. The van der Waals surface area contributed by atoms with Gasteiger partial charge in [-0.2, -0.15) is 5.10 Å². The lowest BCUT2D eigenvalue weighted by molar-refractivity contribution is 0.248. The smallest absolute Gasteiger partial charge is 0.319 e. The summed E-state index contributed by atoms with van der Waals surface area (Å²) in [5, 5.41) is 12.2. The second-order valence-corrected chi connectivity index (χ2v) is 5.45. The van der Waals surface area contributed by atoms with Gasteiger partial charge in [-0.15, -0.1) is 11.8 Å². The van der Waals surface area contributed by atoms with E-state index >= 15 is 0 Å². The molecule has 3 rings (SSSR count). The number of nitrogens with one attached hydrogen (secondary N) is 3. The molecule has 1 aromatic carbocycles. The van der Waals surface area contributed by atoms with Gasteiger partial charge in [0.1, 0.15) is 0 Å². The maximum absolute atomic E-state index is 11.9. The van der Waals surface area contributed by atoms with E-state index in [-0.39, 0.29) is 12.1 Å². The fourth-order valence-corrected chi connectivity index (χ4v) is 3.26. The Bertz CT molecular complexity index is 570. The van der Waals surface area contributed by atoms with Crippen LogP contribution >= 0.6 is 11.8 Å². The van der Waals surface area contributed by atoms with Crippen molar-refractivity contribution in [2.24, 2.45) is 0 Å². The fourth-order valence-electron chi connectivity index (χ4n) is 2.14. The van der Waals surface area contributed by atoms with Crippen molar-refractivity contribution >= 4 is 23.5 Å². The zero-order chi connectivity index (χ0) is 13.1. The Morgan fingerprint density at radius 3 is 3.16 bits per heavy atom. The molecule has 19 heavy (non-hydrogen) atoms. The molecule has 0 spiro atoms. The van der Waals surface area contributed by atoms with Crippen LogP contribution in [0, 0.1) is 0 Å². The van der Waals surface area contributed by atoms with E-state index in [4.69, 9.17) is 0 Å². The molecule has 1 aliphatic heterocycles. The molecule has 0 fully saturated rings. The summed E-state index contributed by atoms with van der Waals surface area (Å²) in [7, 11) is 0. The normalized spacial score (nSPS) is 17.6. The number of benzene rings is 1. The van der Waals surface area contributed by atoms with Gasteiger partial charge < -0.3 is 10.6 Å². The number of nitrogens with zero attached hydrogens (tertiary/aromatic N) is 1. The average Bonchev–Trinajstić information content (AvgIpc) is 2.92. The molecule has 0 unspecified atom stereocenters. The maximum atomic E-state index is 11.9. The summed E-state index contributed by atoms with van der Waals surface area (Å²) in [6.45, 7) is 0. The molecule has 1 aromatic heterocycles. The Kier molecular flexibility index (Phi) is 3.41. The minimum absolute atomic E-state index is 0.0735. The van der Waals surface area contributed by atoms with Gasteiger partial charge >= 0.3 is 6.03 Å². The molecule has 1 atom stereocenters. The van der Waals surface area contributed by atoms with Crippen LogP contribution in [0.15, 0.2) is 41.6 Å². The van der Waals surface area contributed by atoms with E-state index in [1.54, 1.807) is 12.4 Å². The van der Waals surface area contributed by atoms with Crippen LogP contribution < -0.4 is 10.6 Å². The summed E-state index contributed by atoms with van der Waals surface area (Å²) in [4.78, 5) is 13.2. The van der Waals surface area contributed by atoms with E-state index in [0.717, 1.165) is 12.2 Å². The van der Waals surface area contributed by atoms with E-state index in [0.29, 0.717) is 5.69 Å². The van der Waals surface area contributed by atoms with Crippen LogP contribution in [0.25, 0.3) is 0 Å². The molecule has 0 aliphatic carbocycles. The largest absolute Gasteiger partial charge is 0.331 e. The van der Waals surface area contributed by atoms with E-state index < -0.39 is 0 Å². The lowest BCUT2D eigenvalue weighted by Crippen LogP contribution is -2.34. The number of aromatic nitrogens is 2. The van der Waals surface area contributed by atoms with Crippen molar-refractivity contribution in [3.63, 3.8) is 0 Å². The van der Waals surface area contributed by atoms with Crippen molar-refractivity contribution in [3.05, 3.63) is 42.2 Å². The quantitative estimate of drug-likeness (QED) is 0.788. The Morgan fingerprint density at radius 1 is 1.42 bits per heavy atom. The van der Waals surface area contributed by atoms with Gasteiger partial charge in [-0.05, 0) is 18.1 Å². The number of rotatable bonds is 2. The van der Waals surface area contributed by atoms with Gasteiger partial charge in [-0.25, -0.2) is 4.79 Å². The minimum atomic E-state index is -0.201. The number of carbonyl (C=O) groups is 1. The second-order valence-electron chi connectivity index (χ2n) is 4.31. The number of hydrogen-bond acceptors (Lipinski definition) is 3. The van der Waals surface area contributed by atoms with Gasteiger partial charge in [-0.1, -0.05) is 18.2 Å². The molecular formula is C13H14N4OS. The van der Waals surface area contributed by atoms with Crippen LogP contribution in [0.4, 0.5) is 10.5 Å². The first-order chi connectivity index (χ1) is 9.33. The molecule has 98 valence electrons. The molecule has 6 heteroatoms. The number of hydrogen-bond donors (Lipinski definition) is 3. The predicted octanol–water partition coefficient (Wildman–Crippen LogP) is 2.77. The molecule has 2 aromatic rings. The van der Waals surface area contributed by atoms with Gasteiger partial charge in [0.05, 0.1) is 17.9 Å². The van der Waals surface area contributed by atoms with Crippen LogP contribution in [0.1, 0.15) is 18.0 Å². The number of aromatic amines is 1. The number of anilines is 1. The fraction of sp³-hybridized carbons (Fsp3) is 0.231. The first-order valence-electron chi connectivity index (χ1n) is 6.11. The zero-order valence-corrected chi connectivity index (χ0v) is 11.0. The Hall–Kier alpha value is -1.95. The summed E-state index contributed by atoms with van der Waals surface area (Å²) < 4.78 is 0. The standard InChI is InChI=1S/C13H14N4OS/c18-13(16-9-7-14-15-8-9)17-11-5-6-19-12-4-2-1-3-10(11)12/h1-4,7-8,11H,5-6H2,(H,14,15)(H2,16,17,18)/t11-/m1/s1. The van der Waals surface area contributed by atoms with Gasteiger partial charge in [0.25, 0.3) is 0 Å². The molecule has 2 heterocycles. The van der Waals surface area contributed by atoms with Crippen molar-refractivity contribution in [2.75, 3.05) is 11.1 Å². The highest BCUT2D eigenvalue weighted by Gasteiger charge is 2.21. The summed E-state index contributed by atoms with van der Waals surface area (Å²) in [5.74, 6) is 1.02. The summed E-state index contributed by atoms with van der Waals surface area (Å²) in [5.41, 5.74) is 1.86. The van der Waals surface area contributed by atoms with Gasteiger partial charge in [0.2, 0.25) is 0 Å². The average molecular weight is 274 g/mol. The minimum Gasteiger partial charge on any atom is -0.331 e. The molecule has 0 radical (unpaired) electrons. The second kappa shape index (κ2) is 5.36. The predicted molar refractivity (Wildman–Crippen MR) is 75.3 cm³/mol. The summed E-state index contributed by atoms with van der Waals surface area (Å²) >= 11 is 1.84. The third-order valence-corrected chi connectivity index (χ3v) is 4.14. The van der Waals surface area contributed by atoms with Crippen molar-refractivity contribution < 1.29 is 4.79 Å². The van der Waals surface area contributed by atoms with Crippen LogP contribution in [-0.4, -0.2) is 22.0 Å². The molecule has 3 N–H and O–H groups in total. The highest BCUT2D eigenvalue weighted by Crippen LogP contribution is 2.35. The Balaban J connectivity index is 1.69. The monoisotopic (exact) mass is 274 g/mol. The molecule has 2 amide bonds. The SMILES string of the molecule is O=C(Nc1cn[nH]c1)N[C@@H]1CCSc2ccccc21. The molecule has 0 bridgehead atoms. The van der Waals surface area contributed by atoms with E-state index in [2.05, 4.69) is 33.0 Å². The lowest BCUT2D eigenvalue weighted by Gasteiger charge is -2.25. The third kappa shape index (κ3) is 2.73. The van der Waals surface area contributed by atoms with E-state index in [9.17, 15) is 4.79 Å². The Labute approximate surface area is 115 Å². The zero-order valence-electron chi connectivity index (χ0n) is 10.2. The Morgan fingerprint density at radius 2 is 2.32 bits per heavy atom. The van der Waals surface area contributed by atoms with Crippen molar-refractivity contribution in [3.8, 4) is 0 Å². The molecule has 1 aliphatic rings. The van der Waals surface area contributed by atoms with Crippen molar-refractivity contribution in [1.82, 2.24) is 15.5 Å². The number of H-pyrrole nitrogens is 1. The van der Waals surface area contributed by atoms with E-state index in [1.807, 2.05) is 23.9 Å². The molecule has 0 saturated carbocycles. The van der Waals surface area contributed by atoms with Gasteiger partial charge in [-0.3, -0.25) is 5.10 Å². The van der Waals surface area contributed by atoms with Crippen LogP contribution in [0.2, 0.25) is 0 Å². The maximum Gasteiger partial charge on any atom is 0.319 e. The van der Waals surface area contributed by atoms with Crippen LogP contribution in [0.3, 0.4) is 0 Å². The van der Waals surface area contributed by atoms with Gasteiger partial charge in [0, 0.05) is 16.8 Å². The number of amides is 2. The van der Waals surface area contributed by atoms with Crippen molar-refractivity contribution in [2.45, 2.75) is 17.4 Å². The molecule has 5 nitrogen and oxygen atoms in total. The number of thioether (sulfide) groups is 1. The molecule has 0 saturated heterocycles. The number of carbonyl (C=O) groups excluding carboxylic acids is 1. The molecular weight excluding hydrogens is 260 g/mol. The lowest BCUT2D eigenvalue weighted by atomic mass is 10.0. The van der Waals surface area contributed by atoms with Crippen molar-refractivity contribution in [1.29, 1.82) is 0 Å². The summed E-state index contributed by atoms with van der Waals surface area (Å²) in [6, 6.07) is 8.08. The van der Waals surface area contributed by atoms with Crippen LogP contribution in [-0.2, 0) is 0 Å². The first kappa shape index (κ1) is 12.1. The van der Waals surface area contributed by atoms with Gasteiger partial charge in [0.15, 0.2) is 0 Å². The topological polar surface area (TPSA) is 69.8 Å². The van der Waals surface area contributed by atoms with Crippen LogP contribution in [0.5, 0.6) is 0 Å². The highest BCUT2D eigenvalue weighted by atomic mass is 32.2. The third-order valence-electron chi connectivity index (χ3n) is 3.02. The van der Waals surface area contributed by atoms with E-state index in [1.165, 1.54) is 10.5 Å². The summed E-state index contributed by atoms with van der Waals surface area (Å²) in [6.07, 6.45) is 4.16. The number of fused-ring (bicyclic) bond motifs is 1. The highest BCUT2D eigenvalue weighted by molar-refractivity contribution is 7.99. The number of urea groups is 1.